The first-order valence-corrected chi connectivity index (χ1v) is 6.00. The fourth-order valence-electron chi connectivity index (χ4n) is 1.80. The molecule has 0 unspecified atom stereocenters. The van der Waals surface area contributed by atoms with Crippen LogP contribution in [0.5, 0.6) is 11.5 Å². The molecule has 0 aliphatic carbocycles. The van der Waals surface area contributed by atoms with Crippen LogP contribution in [0, 0.1) is 6.92 Å². The molecule has 1 aromatic carbocycles. The Kier molecular flexibility index (Phi) is 4.66. The van der Waals surface area contributed by atoms with Crippen molar-refractivity contribution < 1.29 is 9.47 Å². The third-order valence-electron chi connectivity index (χ3n) is 2.60. The molecule has 0 heterocycles. The summed E-state index contributed by atoms with van der Waals surface area (Å²) >= 11 is 0. The van der Waals surface area contributed by atoms with Gasteiger partial charge in [0.2, 0.25) is 0 Å². The Balaban J connectivity index is 3.18. The number of ether oxygens (including phenoxy) is 2. The Hall–Kier alpha value is -1.18. The SMILES string of the molecule is CCOc1ccc(C(C)C)c(OCC)c1C. The molecule has 16 heavy (non-hydrogen) atoms. The van der Waals surface area contributed by atoms with E-state index in [1.54, 1.807) is 0 Å². The van der Waals surface area contributed by atoms with Crippen LogP contribution >= 0.6 is 0 Å². The molecule has 0 aromatic heterocycles. The van der Waals surface area contributed by atoms with E-state index in [1.165, 1.54) is 5.56 Å². The first kappa shape index (κ1) is 12.9. The molecule has 0 bridgehead atoms. The summed E-state index contributed by atoms with van der Waals surface area (Å²) in [4.78, 5) is 0. The highest BCUT2D eigenvalue weighted by molar-refractivity contribution is 5.50. The van der Waals surface area contributed by atoms with Crippen molar-refractivity contribution in [2.24, 2.45) is 0 Å². The van der Waals surface area contributed by atoms with E-state index in [-0.39, 0.29) is 0 Å². The summed E-state index contributed by atoms with van der Waals surface area (Å²) in [6.45, 7) is 11.8. The monoisotopic (exact) mass is 222 g/mol. The topological polar surface area (TPSA) is 18.5 Å². The average Bonchev–Trinajstić information content (AvgIpc) is 2.24. The van der Waals surface area contributed by atoms with Crippen molar-refractivity contribution >= 4 is 0 Å². The largest absolute Gasteiger partial charge is 0.493 e. The number of hydrogen-bond donors (Lipinski definition) is 0. The summed E-state index contributed by atoms with van der Waals surface area (Å²) in [5.41, 5.74) is 2.36. The van der Waals surface area contributed by atoms with Crippen LogP contribution in [-0.4, -0.2) is 13.2 Å². The van der Waals surface area contributed by atoms with Gasteiger partial charge >= 0.3 is 0 Å². The van der Waals surface area contributed by atoms with Gasteiger partial charge in [-0.15, -0.1) is 0 Å². The van der Waals surface area contributed by atoms with Crippen molar-refractivity contribution in [3.8, 4) is 11.5 Å². The van der Waals surface area contributed by atoms with Gasteiger partial charge in [0.05, 0.1) is 13.2 Å². The molecule has 1 rings (SSSR count). The second kappa shape index (κ2) is 5.78. The van der Waals surface area contributed by atoms with E-state index in [4.69, 9.17) is 9.47 Å². The maximum Gasteiger partial charge on any atom is 0.129 e. The van der Waals surface area contributed by atoms with E-state index in [9.17, 15) is 0 Å². The predicted octanol–water partition coefficient (Wildman–Crippen LogP) is 3.92. The second-order valence-electron chi connectivity index (χ2n) is 4.13. The van der Waals surface area contributed by atoms with Crippen LogP contribution in [0.15, 0.2) is 12.1 Å². The lowest BCUT2D eigenvalue weighted by molar-refractivity contribution is 0.315. The van der Waals surface area contributed by atoms with Crippen molar-refractivity contribution in [3.63, 3.8) is 0 Å². The van der Waals surface area contributed by atoms with Crippen LogP contribution < -0.4 is 9.47 Å². The van der Waals surface area contributed by atoms with Gasteiger partial charge in [-0.05, 0) is 38.3 Å². The zero-order valence-electron chi connectivity index (χ0n) is 11.0. The molecule has 0 fully saturated rings. The maximum atomic E-state index is 5.74. The normalized spacial score (nSPS) is 10.6. The first-order chi connectivity index (χ1) is 7.61. The molecule has 0 aliphatic heterocycles. The lowest BCUT2D eigenvalue weighted by Gasteiger charge is -2.18. The maximum absolute atomic E-state index is 5.74. The van der Waals surface area contributed by atoms with Crippen LogP contribution in [-0.2, 0) is 0 Å². The van der Waals surface area contributed by atoms with Gasteiger partial charge in [-0.1, -0.05) is 19.9 Å². The van der Waals surface area contributed by atoms with Gasteiger partial charge < -0.3 is 9.47 Å². The van der Waals surface area contributed by atoms with Crippen molar-refractivity contribution in [3.05, 3.63) is 23.3 Å². The molecule has 0 aliphatic rings. The highest BCUT2D eigenvalue weighted by atomic mass is 16.5. The molecule has 0 spiro atoms. The molecular formula is C14H22O2. The molecule has 0 N–H and O–H groups in total. The van der Waals surface area contributed by atoms with E-state index < -0.39 is 0 Å². The molecular weight excluding hydrogens is 200 g/mol. The summed E-state index contributed by atoms with van der Waals surface area (Å²) < 4.78 is 11.3. The molecule has 90 valence electrons. The second-order valence-corrected chi connectivity index (χ2v) is 4.13. The summed E-state index contributed by atoms with van der Waals surface area (Å²) in [6, 6.07) is 4.14. The van der Waals surface area contributed by atoms with Crippen molar-refractivity contribution in [2.45, 2.75) is 40.5 Å². The van der Waals surface area contributed by atoms with Crippen molar-refractivity contribution in [1.29, 1.82) is 0 Å². The average molecular weight is 222 g/mol. The molecule has 0 amide bonds. The highest BCUT2D eigenvalue weighted by Crippen LogP contribution is 2.35. The van der Waals surface area contributed by atoms with Gasteiger partial charge in [-0.3, -0.25) is 0 Å². The van der Waals surface area contributed by atoms with Gasteiger partial charge in [0.1, 0.15) is 11.5 Å². The van der Waals surface area contributed by atoms with Crippen LogP contribution in [0.4, 0.5) is 0 Å². The molecule has 0 radical (unpaired) electrons. The zero-order valence-corrected chi connectivity index (χ0v) is 11.0. The lowest BCUT2D eigenvalue weighted by atomic mass is 9.99. The molecule has 1 aromatic rings. The van der Waals surface area contributed by atoms with Crippen LogP contribution in [0.1, 0.15) is 44.7 Å². The minimum atomic E-state index is 0.468. The Morgan fingerprint density at radius 1 is 1.06 bits per heavy atom. The van der Waals surface area contributed by atoms with E-state index in [0.29, 0.717) is 19.1 Å². The fraction of sp³-hybridized carbons (Fsp3) is 0.571. The van der Waals surface area contributed by atoms with E-state index in [0.717, 1.165) is 17.1 Å². The lowest BCUT2D eigenvalue weighted by Crippen LogP contribution is -2.03. The summed E-state index contributed by atoms with van der Waals surface area (Å²) in [7, 11) is 0. The summed E-state index contributed by atoms with van der Waals surface area (Å²) in [5.74, 6) is 2.38. The standard InChI is InChI=1S/C14H22O2/c1-6-15-13-9-8-12(10(3)4)14(11(13)5)16-7-2/h8-10H,6-7H2,1-5H3. The minimum absolute atomic E-state index is 0.468. The predicted molar refractivity (Wildman–Crippen MR) is 67.6 cm³/mol. The zero-order chi connectivity index (χ0) is 12.1. The first-order valence-electron chi connectivity index (χ1n) is 6.00. The van der Waals surface area contributed by atoms with Crippen molar-refractivity contribution in [2.75, 3.05) is 13.2 Å². The quantitative estimate of drug-likeness (QED) is 0.752. The Morgan fingerprint density at radius 3 is 2.19 bits per heavy atom. The third kappa shape index (κ3) is 2.69. The molecule has 0 saturated carbocycles. The van der Waals surface area contributed by atoms with E-state index >= 15 is 0 Å². The minimum Gasteiger partial charge on any atom is -0.493 e. The van der Waals surface area contributed by atoms with Gasteiger partial charge in [-0.25, -0.2) is 0 Å². The van der Waals surface area contributed by atoms with Gasteiger partial charge in [0.15, 0.2) is 0 Å². The van der Waals surface area contributed by atoms with E-state index in [1.807, 2.05) is 19.9 Å². The fourth-order valence-corrected chi connectivity index (χ4v) is 1.80. The van der Waals surface area contributed by atoms with Crippen LogP contribution in [0.2, 0.25) is 0 Å². The van der Waals surface area contributed by atoms with Gasteiger partial charge in [0.25, 0.3) is 0 Å². The Bertz CT molecular complexity index is 343. The number of rotatable bonds is 5. The van der Waals surface area contributed by atoms with Gasteiger partial charge in [-0.2, -0.15) is 0 Å². The summed E-state index contributed by atoms with van der Waals surface area (Å²) in [6.07, 6.45) is 0. The highest BCUT2D eigenvalue weighted by Gasteiger charge is 2.14. The Morgan fingerprint density at radius 2 is 1.69 bits per heavy atom. The third-order valence-corrected chi connectivity index (χ3v) is 2.60. The van der Waals surface area contributed by atoms with Gasteiger partial charge in [0, 0.05) is 5.56 Å². The molecule has 0 saturated heterocycles. The van der Waals surface area contributed by atoms with Crippen LogP contribution in [0.3, 0.4) is 0 Å². The molecule has 2 heteroatoms. The van der Waals surface area contributed by atoms with Crippen molar-refractivity contribution in [1.82, 2.24) is 0 Å². The molecule has 0 atom stereocenters. The van der Waals surface area contributed by atoms with Crippen LogP contribution in [0.25, 0.3) is 0 Å². The smallest absolute Gasteiger partial charge is 0.129 e. The Labute approximate surface area is 98.6 Å². The number of hydrogen-bond acceptors (Lipinski definition) is 2. The molecule has 2 nitrogen and oxygen atoms in total. The number of benzene rings is 1. The summed E-state index contributed by atoms with van der Waals surface area (Å²) in [5, 5.41) is 0. The van der Waals surface area contributed by atoms with E-state index in [2.05, 4.69) is 26.8 Å².